The van der Waals surface area contributed by atoms with Gasteiger partial charge in [-0.3, -0.25) is 4.57 Å². The maximum Gasteiger partial charge on any atom is 0.419 e. The molecule has 2 aromatic heterocycles. The highest BCUT2D eigenvalue weighted by molar-refractivity contribution is 7.89. The first kappa shape index (κ1) is 15.6. The Morgan fingerprint density at radius 1 is 1.22 bits per heavy atom. The predicted octanol–water partition coefficient (Wildman–Crippen LogP) is 1.30. The lowest BCUT2D eigenvalue weighted by atomic mass is 10.3. The molecule has 1 aromatic carbocycles. The highest BCUT2D eigenvalue weighted by atomic mass is 32.2. The quantitative estimate of drug-likeness (QED) is 0.688. The number of fused-ring (bicyclic) bond motifs is 1. The van der Waals surface area contributed by atoms with E-state index in [0.29, 0.717) is 18.5 Å². The van der Waals surface area contributed by atoms with E-state index in [1.54, 1.807) is 13.1 Å². The van der Waals surface area contributed by atoms with Crippen LogP contribution in [0, 0.1) is 0 Å². The van der Waals surface area contributed by atoms with Crippen LogP contribution in [0.1, 0.15) is 6.42 Å². The minimum Gasteiger partial charge on any atom is -0.408 e. The Labute approximate surface area is 133 Å². The van der Waals surface area contributed by atoms with Gasteiger partial charge in [-0.15, -0.1) is 0 Å². The lowest BCUT2D eigenvalue weighted by Crippen LogP contribution is -2.25. The second kappa shape index (κ2) is 6.05. The molecular formula is C15H17N3O4S. The van der Waals surface area contributed by atoms with E-state index in [9.17, 15) is 13.2 Å². The lowest BCUT2D eigenvalue weighted by Gasteiger charge is -2.07. The first-order chi connectivity index (χ1) is 11.0. The first-order valence-electron chi connectivity index (χ1n) is 7.17. The van der Waals surface area contributed by atoms with E-state index in [4.69, 9.17) is 4.42 Å². The molecule has 0 bridgehead atoms. The molecule has 0 aliphatic carbocycles. The van der Waals surface area contributed by atoms with Gasteiger partial charge in [-0.25, -0.2) is 17.9 Å². The van der Waals surface area contributed by atoms with Crippen LogP contribution in [0.4, 0.5) is 0 Å². The fourth-order valence-electron chi connectivity index (χ4n) is 2.35. The molecule has 3 aromatic rings. The smallest absolute Gasteiger partial charge is 0.408 e. The van der Waals surface area contributed by atoms with Gasteiger partial charge in [0, 0.05) is 38.6 Å². The summed E-state index contributed by atoms with van der Waals surface area (Å²) in [4.78, 5) is 11.5. The molecule has 122 valence electrons. The number of aromatic nitrogens is 2. The van der Waals surface area contributed by atoms with Crippen LogP contribution in [0.15, 0.2) is 56.8 Å². The molecule has 0 unspecified atom stereocenters. The van der Waals surface area contributed by atoms with Gasteiger partial charge in [0.25, 0.3) is 0 Å². The molecule has 3 rings (SSSR count). The van der Waals surface area contributed by atoms with Gasteiger partial charge in [0.1, 0.15) is 0 Å². The molecule has 0 radical (unpaired) electrons. The number of oxazole rings is 1. The van der Waals surface area contributed by atoms with Crippen molar-refractivity contribution in [3.05, 3.63) is 53.3 Å². The largest absolute Gasteiger partial charge is 0.419 e. The van der Waals surface area contributed by atoms with Crippen LogP contribution in [-0.4, -0.2) is 24.1 Å². The number of benzene rings is 1. The summed E-state index contributed by atoms with van der Waals surface area (Å²) in [5.41, 5.74) is 0.814. The Kier molecular flexibility index (Phi) is 4.10. The molecule has 1 N–H and O–H groups in total. The van der Waals surface area contributed by atoms with Crippen molar-refractivity contribution in [1.29, 1.82) is 0 Å². The van der Waals surface area contributed by atoms with Gasteiger partial charge in [-0.2, -0.15) is 0 Å². The Hall–Kier alpha value is -2.32. The molecule has 7 nitrogen and oxygen atoms in total. The third kappa shape index (κ3) is 3.22. The highest BCUT2D eigenvalue weighted by Crippen LogP contribution is 2.17. The van der Waals surface area contributed by atoms with Crippen LogP contribution in [0.3, 0.4) is 0 Å². The molecule has 0 aliphatic heterocycles. The van der Waals surface area contributed by atoms with E-state index in [1.165, 1.54) is 16.7 Å². The van der Waals surface area contributed by atoms with Crippen molar-refractivity contribution in [2.24, 2.45) is 7.05 Å². The zero-order chi connectivity index (χ0) is 16.4. The van der Waals surface area contributed by atoms with Crippen LogP contribution >= 0.6 is 0 Å². The summed E-state index contributed by atoms with van der Waals surface area (Å²) < 4.78 is 35.5. The van der Waals surface area contributed by atoms with Crippen LogP contribution in [0.2, 0.25) is 0 Å². The molecule has 0 aliphatic rings. The molecule has 23 heavy (non-hydrogen) atoms. The molecular weight excluding hydrogens is 318 g/mol. The van der Waals surface area contributed by atoms with E-state index in [0.717, 1.165) is 6.54 Å². The van der Waals surface area contributed by atoms with Crippen LogP contribution in [0.25, 0.3) is 11.1 Å². The third-order valence-corrected chi connectivity index (χ3v) is 5.08. The predicted molar refractivity (Wildman–Crippen MR) is 85.7 cm³/mol. The number of sulfonamides is 1. The topological polar surface area (TPSA) is 86.2 Å². The standard InChI is InChI=1S/C15H17N3O4S/c1-17-13-6-5-12(11-14(13)22-15(17)19)23(20,21)16-7-4-10-18-8-2-3-9-18/h2-3,5-6,8-9,11,16H,4,7,10H2,1H3. The second-order valence-corrected chi connectivity index (χ2v) is 7.00. The van der Waals surface area contributed by atoms with Gasteiger partial charge >= 0.3 is 5.76 Å². The van der Waals surface area contributed by atoms with Crippen molar-refractivity contribution in [3.8, 4) is 0 Å². The van der Waals surface area contributed by atoms with Crippen molar-refractivity contribution in [2.75, 3.05) is 6.54 Å². The van der Waals surface area contributed by atoms with Crippen LogP contribution in [-0.2, 0) is 23.6 Å². The highest BCUT2D eigenvalue weighted by Gasteiger charge is 2.16. The van der Waals surface area contributed by atoms with Crippen molar-refractivity contribution in [3.63, 3.8) is 0 Å². The number of hydrogen-bond donors (Lipinski definition) is 1. The van der Waals surface area contributed by atoms with E-state index in [2.05, 4.69) is 4.72 Å². The Balaban J connectivity index is 1.70. The summed E-state index contributed by atoms with van der Waals surface area (Å²) in [7, 11) is -2.06. The van der Waals surface area contributed by atoms with E-state index in [1.807, 2.05) is 29.1 Å². The average molecular weight is 335 g/mol. The van der Waals surface area contributed by atoms with Gasteiger partial charge in [-0.05, 0) is 30.7 Å². The van der Waals surface area contributed by atoms with Crippen molar-refractivity contribution < 1.29 is 12.8 Å². The number of rotatable bonds is 6. The zero-order valence-corrected chi connectivity index (χ0v) is 13.4. The number of nitrogens with zero attached hydrogens (tertiary/aromatic N) is 2. The summed E-state index contributed by atoms with van der Waals surface area (Å²) in [6, 6.07) is 8.24. The number of hydrogen-bond acceptors (Lipinski definition) is 4. The molecule has 8 heteroatoms. The average Bonchev–Trinajstić information content (AvgIpc) is 3.13. The third-order valence-electron chi connectivity index (χ3n) is 3.63. The summed E-state index contributed by atoms with van der Waals surface area (Å²) >= 11 is 0. The maximum absolute atomic E-state index is 12.3. The summed E-state index contributed by atoms with van der Waals surface area (Å²) in [6.45, 7) is 1.07. The molecule has 0 spiro atoms. The maximum atomic E-state index is 12.3. The minimum atomic E-state index is -3.63. The lowest BCUT2D eigenvalue weighted by molar-refractivity contribution is 0.527. The van der Waals surface area contributed by atoms with Crippen molar-refractivity contribution >= 4 is 21.1 Å². The van der Waals surface area contributed by atoms with Crippen molar-refractivity contribution in [2.45, 2.75) is 17.9 Å². The molecule has 0 atom stereocenters. The Morgan fingerprint density at radius 3 is 2.70 bits per heavy atom. The zero-order valence-electron chi connectivity index (χ0n) is 12.6. The van der Waals surface area contributed by atoms with E-state index < -0.39 is 15.8 Å². The number of aryl methyl sites for hydroxylation is 2. The molecule has 0 fully saturated rings. The van der Waals surface area contributed by atoms with Gasteiger partial charge in [0.15, 0.2) is 5.58 Å². The number of nitrogens with one attached hydrogen (secondary N) is 1. The monoisotopic (exact) mass is 335 g/mol. The summed E-state index contributed by atoms with van der Waals surface area (Å²) in [6.07, 6.45) is 4.54. The van der Waals surface area contributed by atoms with E-state index >= 15 is 0 Å². The van der Waals surface area contributed by atoms with Gasteiger partial charge in [-0.1, -0.05) is 0 Å². The van der Waals surface area contributed by atoms with Gasteiger partial charge in [0.05, 0.1) is 10.4 Å². The summed E-state index contributed by atoms with van der Waals surface area (Å²) in [5, 5.41) is 0. The molecule has 2 heterocycles. The second-order valence-electron chi connectivity index (χ2n) is 5.23. The molecule has 0 saturated heterocycles. The van der Waals surface area contributed by atoms with Gasteiger partial charge in [0.2, 0.25) is 10.0 Å². The van der Waals surface area contributed by atoms with Crippen LogP contribution in [0.5, 0.6) is 0 Å². The minimum absolute atomic E-state index is 0.0836. The fourth-order valence-corrected chi connectivity index (χ4v) is 3.44. The Morgan fingerprint density at radius 2 is 1.96 bits per heavy atom. The summed E-state index contributed by atoms with van der Waals surface area (Å²) in [5.74, 6) is -0.519. The SMILES string of the molecule is Cn1c(=O)oc2cc(S(=O)(=O)NCCCn3cccc3)ccc21. The first-order valence-corrected chi connectivity index (χ1v) is 8.66. The molecule has 0 amide bonds. The fraction of sp³-hybridized carbons (Fsp3) is 0.267. The van der Waals surface area contributed by atoms with Crippen molar-refractivity contribution in [1.82, 2.24) is 13.9 Å². The van der Waals surface area contributed by atoms with Crippen LogP contribution < -0.4 is 10.5 Å². The Bertz CT molecular complexity index is 968. The van der Waals surface area contributed by atoms with Gasteiger partial charge < -0.3 is 8.98 Å². The normalized spacial score (nSPS) is 12.0. The van der Waals surface area contributed by atoms with E-state index in [-0.39, 0.29) is 10.5 Å². The molecule has 0 saturated carbocycles.